The monoisotopic (exact) mass is 254 g/mol. The minimum Gasteiger partial charge on any atom is -0.327 e. The summed E-state index contributed by atoms with van der Waals surface area (Å²) in [5.74, 6) is -0.0382. The first-order chi connectivity index (χ1) is 7.66. The summed E-state index contributed by atoms with van der Waals surface area (Å²) in [7, 11) is 0. The van der Waals surface area contributed by atoms with Crippen molar-refractivity contribution < 1.29 is 9.59 Å². The smallest absolute Gasteiger partial charge is 0.240 e. The zero-order valence-corrected chi connectivity index (χ0v) is 10.2. The molecule has 0 aliphatic carbocycles. The maximum Gasteiger partial charge on any atom is 0.240 e. The molecule has 5 heteroatoms. The Morgan fingerprint density at radius 2 is 1.88 bits per heavy atom. The van der Waals surface area contributed by atoms with E-state index in [1.807, 2.05) is 30.3 Å². The highest BCUT2D eigenvalue weighted by Gasteiger charge is 2.31. The van der Waals surface area contributed by atoms with Gasteiger partial charge >= 0.3 is 0 Å². The second-order valence-corrected chi connectivity index (χ2v) is 4.03. The SMILES string of the molecule is Cl.N[C@@H](Cc1ccccc1)C(=O)N1CC(=O)C1. The summed E-state index contributed by atoms with van der Waals surface area (Å²) in [6.07, 6.45) is 0.518. The highest BCUT2D eigenvalue weighted by molar-refractivity contribution is 5.97. The molecule has 0 aromatic heterocycles. The average molecular weight is 255 g/mol. The minimum atomic E-state index is -0.546. The fraction of sp³-hybridized carbons (Fsp3) is 0.333. The van der Waals surface area contributed by atoms with Crippen LogP contribution in [-0.2, 0) is 16.0 Å². The number of nitrogens with two attached hydrogens (primary N) is 1. The molecule has 1 aliphatic rings. The molecule has 2 N–H and O–H groups in total. The fourth-order valence-corrected chi connectivity index (χ4v) is 1.73. The van der Waals surface area contributed by atoms with Crippen LogP contribution in [-0.4, -0.2) is 35.7 Å². The second-order valence-electron chi connectivity index (χ2n) is 4.03. The van der Waals surface area contributed by atoms with Gasteiger partial charge in [0.15, 0.2) is 5.78 Å². The van der Waals surface area contributed by atoms with Gasteiger partial charge in [-0.3, -0.25) is 9.59 Å². The summed E-state index contributed by atoms with van der Waals surface area (Å²) < 4.78 is 0. The lowest BCUT2D eigenvalue weighted by Gasteiger charge is -2.31. The summed E-state index contributed by atoms with van der Waals surface area (Å²) in [6, 6.07) is 9.09. The van der Waals surface area contributed by atoms with Gasteiger partial charge in [-0.05, 0) is 12.0 Å². The van der Waals surface area contributed by atoms with Gasteiger partial charge in [0.1, 0.15) is 0 Å². The number of rotatable bonds is 3. The lowest BCUT2D eigenvalue weighted by atomic mass is 10.0. The van der Waals surface area contributed by atoms with Gasteiger partial charge in [0.2, 0.25) is 5.91 Å². The predicted octanol–water partition coefficient (Wildman–Crippen LogP) is 0.389. The molecule has 0 spiro atoms. The predicted molar refractivity (Wildman–Crippen MR) is 67.0 cm³/mol. The molecular weight excluding hydrogens is 240 g/mol. The lowest BCUT2D eigenvalue weighted by molar-refractivity contribution is -0.145. The minimum absolute atomic E-state index is 0. The molecule has 1 aromatic carbocycles. The number of likely N-dealkylation sites (tertiary alicyclic amines) is 1. The van der Waals surface area contributed by atoms with Crippen molar-refractivity contribution in [3.05, 3.63) is 35.9 Å². The second kappa shape index (κ2) is 5.80. The van der Waals surface area contributed by atoms with Crippen molar-refractivity contribution in [3.8, 4) is 0 Å². The summed E-state index contributed by atoms with van der Waals surface area (Å²) in [4.78, 5) is 24.0. The van der Waals surface area contributed by atoms with Gasteiger partial charge < -0.3 is 10.6 Å². The van der Waals surface area contributed by atoms with Crippen LogP contribution in [0.4, 0.5) is 0 Å². The van der Waals surface area contributed by atoms with Crippen LogP contribution in [0.15, 0.2) is 30.3 Å². The van der Waals surface area contributed by atoms with E-state index in [1.165, 1.54) is 4.90 Å². The first kappa shape index (κ1) is 13.7. The molecule has 17 heavy (non-hydrogen) atoms. The molecule has 1 amide bonds. The van der Waals surface area contributed by atoms with E-state index in [1.54, 1.807) is 0 Å². The van der Waals surface area contributed by atoms with Gasteiger partial charge in [0.05, 0.1) is 19.1 Å². The van der Waals surface area contributed by atoms with Crippen LogP contribution in [0.3, 0.4) is 0 Å². The highest BCUT2D eigenvalue weighted by atomic mass is 35.5. The molecule has 92 valence electrons. The van der Waals surface area contributed by atoms with Gasteiger partial charge in [0, 0.05) is 0 Å². The van der Waals surface area contributed by atoms with E-state index in [4.69, 9.17) is 5.73 Å². The molecule has 2 rings (SSSR count). The number of benzene rings is 1. The Labute approximate surface area is 106 Å². The van der Waals surface area contributed by atoms with Crippen molar-refractivity contribution in [1.82, 2.24) is 4.90 Å². The highest BCUT2D eigenvalue weighted by Crippen LogP contribution is 2.08. The molecule has 1 fully saturated rings. The Kier molecular flexibility index (Phi) is 4.66. The first-order valence-electron chi connectivity index (χ1n) is 5.27. The molecular formula is C12H15ClN2O2. The van der Waals surface area contributed by atoms with E-state index in [-0.39, 0.29) is 37.2 Å². The Balaban J connectivity index is 0.00000144. The zero-order valence-electron chi connectivity index (χ0n) is 9.33. The number of hydrogen-bond acceptors (Lipinski definition) is 3. The number of hydrogen-bond donors (Lipinski definition) is 1. The van der Waals surface area contributed by atoms with Crippen molar-refractivity contribution in [3.63, 3.8) is 0 Å². The summed E-state index contributed by atoms with van der Waals surface area (Å²) in [5.41, 5.74) is 6.84. The van der Waals surface area contributed by atoms with Crippen LogP contribution in [0, 0.1) is 0 Å². The van der Waals surface area contributed by atoms with Crippen LogP contribution in [0.1, 0.15) is 5.56 Å². The van der Waals surface area contributed by atoms with Crippen molar-refractivity contribution in [2.24, 2.45) is 5.73 Å². The quantitative estimate of drug-likeness (QED) is 0.849. The Bertz CT molecular complexity index is 400. The number of carbonyl (C=O) groups is 2. The van der Waals surface area contributed by atoms with Crippen LogP contribution in [0.2, 0.25) is 0 Å². The van der Waals surface area contributed by atoms with Gasteiger partial charge in [-0.25, -0.2) is 0 Å². The fourth-order valence-electron chi connectivity index (χ4n) is 1.73. The van der Waals surface area contributed by atoms with E-state index >= 15 is 0 Å². The molecule has 0 bridgehead atoms. The standard InChI is InChI=1S/C12H14N2O2.ClH/c13-11(6-9-4-2-1-3-5-9)12(16)14-7-10(15)8-14;/h1-5,11H,6-8,13H2;1H/t11-;/m0./s1. The van der Waals surface area contributed by atoms with E-state index < -0.39 is 6.04 Å². The van der Waals surface area contributed by atoms with Gasteiger partial charge in [-0.1, -0.05) is 30.3 Å². The van der Waals surface area contributed by atoms with Gasteiger partial charge in [-0.2, -0.15) is 0 Å². The largest absolute Gasteiger partial charge is 0.327 e. The van der Waals surface area contributed by atoms with Crippen LogP contribution < -0.4 is 5.73 Å². The molecule has 1 aliphatic heterocycles. The number of nitrogens with zero attached hydrogens (tertiary/aromatic N) is 1. The summed E-state index contributed by atoms with van der Waals surface area (Å²) >= 11 is 0. The maximum atomic E-state index is 11.7. The maximum absolute atomic E-state index is 11.7. The first-order valence-corrected chi connectivity index (χ1v) is 5.27. The number of Topliss-reactive ketones (excluding diaryl/α,β-unsaturated/α-hetero) is 1. The normalized spacial score (nSPS) is 15.8. The molecule has 0 unspecified atom stereocenters. The summed E-state index contributed by atoms with van der Waals surface area (Å²) in [6.45, 7) is 0.447. The topological polar surface area (TPSA) is 63.4 Å². The molecule has 0 radical (unpaired) electrons. The molecule has 1 heterocycles. The van der Waals surface area contributed by atoms with Crippen LogP contribution in [0.25, 0.3) is 0 Å². The third kappa shape index (κ3) is 3.28. The molecule has 1 saturated heterocycles. The van der Waals surface area contributed by atoms with Crippen LogP contribution >= 0.6 is 12.4 Å². The van der Waals surface area contributed by atoms with E-state index in [2.05, 4.69) is 0 Å². The molecule has 1 aromatic rings. The van der Waals surface area contributed by atoms with Gasteiger partial charge in [0.25, 0.3) is 0 Å². The summed E-state index contributed by atoms with van der Waals surface area (Å²) in [5, 5.41) is 0. The van der Waals surface area contributed by atoms with E-state index in [0.717, 1.165) is 5.56 Å². The van der Waals surface area contributed by atoms with Crippen molar-refractivity contribution in [2.75, 3.05) is 13.1 Å². The Morgan fingerprint density at radius 3 is 2.41 bits per heavy atom. The third-order valence-corrected chi connectivity index (χ3v) is 2.66. The van der Waals surface area contributed by atoms with E-state index in [0.29, 0.717) is 6.42 Å². The average Bonchev–Trinajstić information content (AvgIpc) is 2.25. The molecule has 1 atom stereocenters. The van der Waals surface area contributed by atoms with Crippen LogP contribution in [0.5, 0.6) is 0 Å². The Hall–Kier alpha value is -1.39. The molecule has 4 nitrogen and oxygen atoms in total. The zero-order chi connectivity index (χ0) is 11.5. The van der Waals surface area contributed by atoms with Gasteiger partial charge in [-0.15, -0.1) is 12.4 Å². The van der Waals surface area contributed by atoms with Crippen molar-refractivity contribution >= 4 is 24.1 Å². The Morgan fingerprint density at radius 1 is 1.29 bits per heavy atom. The lowest BCUT2D eigenvalue weighted by Crippen LogP contribution is -2.56. The number of halogens is 1. The number of ketones is 1. The van der Waals surface area contributed by atoms with Crippen molar-refractivity contribution in [2.45, 2.75) is 12.5 Å². The van der Waals surface area contributed by atoms with Crippen molar-refractivity contribution in [1.29, 1.82) is 0 Å². The molecule has 0 saturated carbocycles. The van der Waals surface area contributed by atoms with E-state index in [9.17, 15) is 9.59 Å². The third-order valence-electron chi connectivity index (χ3n) is 2.66. The number of carbonyl (C=O) groups excluding carboxylic acids is 2. The number of amides is 1.